The van der Waals surface area contributed by atoms with Crippen LogP contribution in [0.3, 0.4) is 0 Å². The largest absolute Gasteiger partial charge is 0.378 e. The highest BCUT2D eigenvalue weighted by atomic mass is 35.5. The molecule has 1 heterocycles. The average Bonchev–Trinajstić information content (AvgIpc) is 3.03. The maximum absolute atomic E-state index is 12.3. The second-order valence-corrected chi connectivity index (χ2v) is 7.63. The molecule has 2 N–H and O–H groups in total. The van der Waals surface area contributed by atoms with Crippen molar-refractivity contribution >= 4 is 56.7 Å². The summed E-state index contributed by atoms with van der Waals surface area (Å²) in [7, 11) is 3.92. The van der Waals surface area contributed by atoms with E-state index >= 15 is 0 Å². The number of fused-ring (bicyclic) bond motifs is 1. The molecule has 0 unspecified atom stereocenters. The van der Waals surface area contributed by atoms with Crippen LogP contribution in [-0.4, -0.2) is 38.7 Å². The summed E-state index contributed by atoms with van der Waals surface area (Å²) in [6, 6.07) is 15.2. The number of carbonyl (C=O) groups excluding carboxylic acids is 2. The summed E-state index contributed by atoms with van der Waals surface area (Å²) in [4.78, 5) is 26.6. The molecule has 2 aromatic carbocycles. The zero-order chi connectivity index (χ0) is 20.1. The van der Waals surface area contributed by atoms with Crippen molar-refractivity contribution in [3.05, 3.63) is 64.0 Å². The van der Waals surface area contributed by atoms with Crippen LogP contribution in [0.4, 0.5) is 5.69 Å². The lowest BCUT2D eigenvalue weighted by Crippen LogP contribution is -2.34. The topological polar surface area (TPSA) is 73.8 Å². The Bertz CT molecular complexity index is 1030. The number of hydrogen-bond acceptors (Lipinski definition) is 5. The average molecular weight is 415 g/mol. The summed E-state index contributed by atoms with van der Waals surface area (Å²) < 4.78 is 0.923. The Balaban J connectivity index is 1.52. The first-order chi connectivity index (χ1) is 13.5. The third-order valence-corrected chi connectivity index (χ3v) is 5.64. The van der Waals surface area contributed by atoms with Gasteiger partial charge in [0, 0.05) is 29.9 Å². The van der Waals surface area contributed by atoms with Crippen LogP contribution in [0.25, 0.3) is 10.1 Å². The molecule has 0 aliphatic carbocycles. The smallest absolute Gasteiger partial charge is 0.263 e. The van der Waals surface area contributed by atoms with Gasteiger partial charge < -0.3 is 10.2 Å². The van der Waals surface area contributed by atoms with Gasteiger partial charge in [0.05, 0.1) is 17.8 Å². The van der Waals surface area contributed by atoms with Crippen molar-refractivity contribution in [1.82, 2.24) is 10.7 Å². The van der Waals surface area contributed by atoms with Gasteiger partial charge in [-0.15, -0.1) is 11.3 Å². The van der Waals surface area contributed by atoms with Crippen molar-refractivity contribution in [3.63, 3.8) is 0 Å². The molecule has 6 nitrogen and oxygen atoms in total. The number of nitrogens with zero attached hydrogens (tertiary/aromatic N) is 2. The molecule has 8 heteroatoms. The molecule has 0 atom stereocenters. The van der Waals surface area contributed by atoms with Crippen LogP contribution in [-0.2, 0) is 4.79 Å². The van der Waals surface area contributed by atoms with Crippen molar-refractivity contribution in [2.45, 2.75) is 0 Å². The summed E-state index contributed by atoms with van der Waals surface area (Å²) in [6.07, 6.45) is 1.54. The molecular formula is C20H19ClN4O2S. The van der Waals surface area contributed by atoms with E-state index < -0.39 is 5.91 Å². The normalized spacial score (nSPS) is 11.0. The lowest BCUT2D eigenvalue weighted by Gasteiger charge is -2.11. The molecular weight excluding hydrogens is 396 g/mol. The SMILES string of the molecule is CN(C)c1ccc(C=NNC(=O)CNC(=O)c2sc3ccccc3c2Cl)cc1. The van der Waals surface area contributed by atoms with Crippen LogP contribution in [0.5, 0.6) is 0 Å². The standard InChI is InChI=1S/C20H19ClN4O2S/c1-25(2)14-9-7-13(8-10-14)11-23-24-17(26)12-22-20(27)19-18(21)15-5-3-4-6-16(15)28-19/h3-11H,12H2,1-2H3,(H,22,27)(H,24,26). The molecule has 0 aliphatic heterocycles. The quantitative estimate of drug-likeness (QED) is 0.479. The number of anilines is 1. The minimum absolute atomic E-state index is 0.194. The van der Waals surface area contributed by atoms with Crippen LogP contribution < -0.4 is 15.6 Å². The van der Waals surface area contributed by atoms with Crippen LogP contribution in [0.1, 0.15) is 15.2 Å². The highest BCUT2D eigenvalue weighted by Crippen LogP contribution is 2.34. The minimum atomic E-state index is -0.424. The van der Waals surface area contributed by atoms with Crippen molar-refractivity contribution < 1.29 is 9.59 Å². The number of benzene rings is 2. The minimum Gasteiger partial charge on any atom is -0.378 e. The lowest BCUT2D eigenvalue weighted by atomic mass is 10.2. The van der Waals surface area contributed by atoms with Crippen LogP contribution in [0.15, 0.2) is 53.6 Å². The van der Waals surface area contributed by atoms with Gasteiger partial charge in [0.25, 0.3) is 11.8 Å². The first-order valence-corrected chi connectivity index (χ1v) is 9.69. The van der Waals surface area contributed by atoms with Gasteiger partial charge in [-0.25, -0.2) is 5.43 Å². The van der Waals surface area contributed by atoms with E-state index in [-0.39, 0.29) is 12.5 Å². The summed E-state index contributed by atoms with van der Waals surface area (Å²) in [5, 5.41) is 7.70. The van der Waals surface area contributed by atoms with Crippen molar-refractivity contribution in [1.29, 1.82) is 0 Å². The molecule has 3 aromatic rings. The van der Waals surface area contributed by atoms with Crippen molar-refractivity contribution in [3.8, 4) is 0 Å². The summed E-state index contributed by atoms with van der Waals surface area (Å²) in [5.74, 6) is -0.809. The molecule has 2 amide bonds. The third-order valence-electron chi connectivity index (χ3n) is 3.96. The molecule has 0 aliphatic rings. The zero-order valence-corrected chi connectivity index (χ0v) is 17.0. The maximum atomic E-state index is 12.3. The van der Waals surface area contributed by atoms with Gasteiger partial charge in [0.15, 0.2) is 0 Å². The summed E-state index contributed by atoms with van der Waals surface area (Å²) >= 11 is 7.56. The van der Waals surface area contributed by atoms with E-state index in [0.717, 1.165) is 21.3 Å². The fourth-order valence-corrected chi connectivity index (χ4v) is 3.91. The van der Waals surface area contributed by atoms with E-state index in [1.54, 1.807) is 6.21 Å². The highest BCUT2D eigenvalue weighted by Gasteiger charge is 2.17. The Morgan fingerprint density at radius 1 is 1.14 bits per heavy atom. The molecule has 1 aromatic heterocycles. The Morgan fingerprint density at radius 3 is 2.54 bits per heavy atom. The van der Waals surface area contributed by atoms with Crippen molar-refractivity contribution in [2.24, 2.45) is 5.10 Å². The maximum Gasteiger partial charge on any atom is 0.263 e. The molecule has 0 spiro atoms. The first kappa shape index (κ1) is 19.9. The van der Waals surface area contributed by atoms with Crippen LogP contribution >= 0.6 is 22.9 Å². The lowest BCUT2D eigenvalue weighted by molar-refractivity contribution is -0.120. The van der Waals surface area contributed by atoms with Gasteiger partial charge >= 0.3 is 0 Å². The van der Waals surface area contributed by atoms with Gasteiger partial charge in [0.1, 0.15) is 4.88 Å². The fraction of sp³-hybridized carbons (Fsp3) is 0.150. The van der Waals surface area contributed by atoms with Gasteiger partial charge in [-0.05, 0) is 23.8 Å². The third kappa shape index (κ3) is 4.68. The van der Waals surface area contributed by atoms with Crippen molar-refractivity contribution in [2.75, 3.05) is 25.5 Å². The summed E-state index contributed by atoms with van der Waals surface area (Å²) in [6.45, 7) is -0.194. The van der Waals surface area contributed by atoms with Crippen LogP contribution in [0.2, 0.25) is 5.02 Å². The van der Waals surface area contributed by atoms with Gasteiger partial charge in [-0.1, -0.05) is 41.9 Å². The first-order valence-electron chi connectivity index (χ1n) is 8.50. The molecule has 0 saturated carbocycles. The molecule has 3 rings (SSSR count). The number of hydrogen-bond donors (Lipinski definition) is 2. The number of rotatable bonds is 6. The Labute approximate surface area is 171 Å². The monoisotopic (exact) mass is 414 g/mol. The van der Waals surface area contributed by atoms with Gasteiger partial charge in [-0.2, -0.15) is 5.10 Å². The van der Waals surface area contributed by atoms with Gasteiger partial charge in [0.2, 0.25) is 0 Å². The number of thiophene rings is 1. The number of nitrogens with one attached hydrogen (secondary N) is 2. The predicted molar refractivity (Wildman–Crippen MR) is 116 cm³/mol. The van der Waals surface area contributed by atoms with E-state index in [4.69, 9.17) is 11.6 Å². The number of hydrazone groups is 1. The number of halogens is 1. The molecule has 28 heavy (non-hydrogen) atoms. The van der Waals surface area contributed by atoms with E-state index in [9.17, 15) is 9.59 Å². The Hall–Kier alpha value is -2.90. The molecule has 0 fully saturated rings. The van der Waals surface area contributed by atoms with E-state index in [1.807, 2.05) is 67.5 Å². The molecule has 0 saturated heterocycles. The Kier molecular flexibility index (Phi) is 6.28. The van der Waals surface area contributed by atoms with E-state index in [2.05, 4.69) is 15.8 Å². The second-order valence-electron chi connectivity index (χ2n) is 6.20. The number of carbonyl (C=O) groups is 2. The summed E-state index contributed by atoms with van der Waals surface area (Å²) in [5.41, 5.74) is 4.32. The van der Waals surface area contributed by atoms with E-state index in [0.29, 0.717) is 9.90 Å². The fourth-order valence-electron chi connectivity index (χ4n) is 2.48. The van der Waals surface area contributed by atoms with Crippen LogP contribution in [0, 0.1) is 0 Å². The number of amides is 2. The van der Waals surface area contributed by atoms with E-state index in [1.165, 1.54) is 11.3 Å². The highest BCUT2D eigenvalue weighted by molar-refractivity contribution is 7.21. The zero-order valence-electron chi connectivity index (χ0n) is 15.4. The predicted octanol–water partition coefficient (Wildman–Crippen LogP) is 3.50. The molecule has 144 valence electrons. The molecule has 0 bridgehead atoms. The van der Waals surface area contributed by atoms with Gasteiger partial charge in [-0.3, -0.25) is 9.59 Å². The molecule has 0 radical (unpaired) electrons. The second kappa shape index (κ2) is 8.86. The Morgan fingerprint density at radius 2 is 1.86 bits per heavy atom.